The Morgan fingerprint density at radius 3 is 2.58 bits per heavy atom. The first-order valence-electron chi connectivity index (χ1n) is 7.83. The lowest BCUT2D eigenvalue weighted by Gasteiger charge is -2.38. The van der Waals surface area contributed by atoms with Gasteiger partial charge >= 0.3 is 5.63 Å². The monoisotopic (exact) mass is 336 g/mol. The summed E-state index contributed by atoms with van der Waals surface area (Å²) in [6.45, 7) is 3.44. The summed E-state index contributed by atoms with van der Waals surface area (Å²) in [4.78, 5) is 11.8. The third-order valence-electron chi connectivity index (χ3n) is 4.22. The van der Waals surface area contributed by atoms with Crippen LogP contribution in [0.1, 0.15) is 19.4 Å². The molecule has 3 rings (SSSR count). The van der Waals surface area contributed by atoms with Gasteiger partial charge in [-0.1, -0.05) is 6.92 Å². The highest BCUT2D eigenvalue weighted by Crippen LogP contribution is 2.26. The molecule has 0 spiro atoms. The minimum absolute atomic E-state index is 0.315. The molecule has 7 nitrogen and oxygen atoms in total. The smallest absolute Gasteiger partial charge is 0.339 e. The summed E-state index contributed by atoms with van der Waals surface area (Å²) in [6.07, 6.45) is -5.22. The van der Waals surface area contributed by atoms with Crippen molar-refractivity contribution in [3.8, 4) is 5.75 Å². The molecule has 0 amide bonds. The Morgan fingerprint density at radius 1 is 1.12 bits per heavy atom. The topological polar surface area (TPSA) is 109 Å². The number of ether oxygens (including phenoxy) is 2. The standard InChI is InChI=1S/C17H20O7/c1-3-9-6-10-4-5-11(7-12(10)24-16(9)21)23-17-15(20)14(19)13(18)8(2)22-17/h4-8,13-15,17-20H,3H2,1-2H3/t8-,13-,14+,15-,17+/m1/s1. The van der Waals surface area contributed by atoms with Crippen molar-refractivity contribution >= 4 is 11.0 Å². The average Bonchev–Trinajstić information content (AvgIpc) is 2.57. The zero-order valence-corrected chi connectivity index (χ0v) is 13.4. The lowest BCUT2D eigenvalue weighted by atomic mass is 10.00. The molecule has 0 aliphatic carbocycles. The second kappa shape index (κ2) is 6.52. The van der Waals surface area contributed by atoms with Crippen LogP contribution in [-0.4, -0.2) is 46.0 Å². The maximum atomic E-state index is 11.8. The Morgan fingerprint density at radius 2 is 1.88 bits per heavy atom. The summed E-state index contributed by atoms with van der Waals surface area (Å²) < 4.78 is 16.2. The van der Waals surface area contributed by atoms with Gasteiger partial charge in [0, 0.05) is 17.0 Å². The van der Waals surface area contributed by atoms with E-state index in [1.807, 2.05) is 6.92 Å². The number of hydrogen-bond acceptors (Lipinski definition) is 7. The minimum Gasteiger partial charge on any atom is -0.462 e. The van der Waals surface area contributed by atoms with Crippen molar-refractivity contribution in [3.63, 3.8) is 0 Å². The van der Waals surface area contributed by atoms with Gasteiger partial charge in [-0.25, -0.2) is 4.79 Å². The van der Waals surface area contributed by atoms with E-state index in [0.717, 1.165) is 5.39 Å². The molecule has 1 saturated heterocycles. The number of aliphatic hydroxyl groups is 3. The highest BCUT2D eigenvalue weighted by molar-refractivity contribution is 5.78. The molecule has 3 N–H and O–H groups in total. The first-order chi connectivity index (χ1) is 11.4. The number of aliphatic hydroxyl groups excluding tert-OH is 3. The first-order valence-corrected chi connectivity index (χ1v) is 7.83. The van der Waals surface area contributed by atoms with E-state index in [1.165, 1.54) is 6.07 Å². The molecule has 24 heavy (non-hydrogen) atoms. The van der Waals surface area contributed by atoms with Gasteiger partial charge in [0.1, 0.15) is 29.6 Å². The van der Waals surface area contributed by atoms with Gasteiger partial charge in [-0.3, -0.25) is 0 Å². The van der Waals surface area contributed by atoms with Crippen LogP contribution in [0.2, 0.25) is 0 Å². The van der Waals surface area contributed by atoms with Crippen LogP contribution < -0.4 is 10.4 Å². The van der Waals surface area contributed by atoms with E-state index in [4.69, 9.17) is 13.9 Å². The Bertz CT molecular complexity index is 784. The van der Waals surface area contributed by atoms with Gasteiger partial charge in [-0.2, -0.15) is 0 Å². The summed E-state index contributed by atoms with van der Waals surface area (Å²) in [6, 6.07) is 6.67. The number of hydrogen-bond donors (Lipinski definition) is 3. The molecule has 0 bridgehead atoms. The first kappa shape index (κ1) is 16.9. The molecule has 1 aromatic carbocycles. The van der Waals surface area contributed by atoms with Crippen LogP contribution in [-0.2, 0) is 11.2 Å². The summed E-state index contributed by atoms with van der Waals surface area (Å²) in [5.41, 5.74) is 0.546. The van der Waals surface area contributed by atoms with Gasteiger partial charge in [0.05, 0.1) is 6.10 Å². The van der Waals surface area contributed by atoms with Gasteiger partial charge in [0.2, 0.25) is 6.29 Å². The predicted molar refractivity (Wildman–Crippen MR) is 84.8 cm³/mol. The molecule has 1 aliphatic rings. The molecule has 130 valence electrons. The fourth-order valence-corrected chi connectivity index (χ4v) is 2.70. The van der Waals surface area contributed by atoms with Gasteiger partial charge in [-0.05, 0) is 31.5 Å². The lowest BCUT2D eigenvalue weighted by Crippen LogP contribution is -2.58. The zero-order chi connectivity index (χ0) is 17.4. The highest BCUT2D eigenvalue weighted by Gasteiger charge is 2.43. The third kappa shape index (κ3) is 3.03. The maximum Gasteiger partial charge on any atom is 0.339 e. The molecular formula is C17H20O7. The van der Waals surface area contributed by atoms with Crippen LogP contribution >= 0.6 is 0 Å². The van der Waals surface area contributed by atoms with Crippen LogP contribution in [0.3, 0.4) is 0 Å². The fraction of sp³-hybridized carbons (Fsp3) is 0.471. The van der Waals surface area contributed by atoms with Gasteiger partial charge < -0.3 is 29.2 Å². The number of rotatable bonds is 3. The van der Waals surface area contributed by atoms with Gasteiger partial charge in [0.25, 0.3) is 0 Å². The van der Waals surface area contributed by atoms with Crippen LogP contribution in [0, 0.1) is 0 Å². The molecular weight excluding hydrogens is 316 g/mol. The molecule has 1 aliphatic heterocycles. The Kier molecular flexibility index (Phi) is 4.60. The van der Waals surface area contributed by atoms with Gasteiger partial charge in [0.15, 0.2) is 0 Å². The molecule has 0 radical (unpaired) electrons. The number of aryl methyl sites for hydroxylation is 1. The fourth-order valence-electron chi connectivity index (χ4n) is 2.70. The minimum atomic E-state index is -1.40. The van der Waals surface area contributed by atoms with Crippen molar-refractivity contribution in [1.29, 1.82) is 0 Å². The molecule has 7 heteroatoms. The van der Waals surface area contributed by atoms with Gasteiger partial charge in [-0.15, -0.1) is 0 Å². The summed E-state index contributed by atoms with van der Waals surface area (Å²) >= 11 is 0. The Labute approximate surface area is 138 Å². The maximum absolute atomic E-state index is 11.8. The van der Waals surface area contributed by atoms with Crippen molar-refractivity contribution in [2.75, 3.05) is 0 Å². The van der Waals surface area contributed by atoms with E-state index in [-0.39, 0.29) is 0 Å². The second-order valence-electron chi connectivity index (χ2n) is 5.91. The van der Waals surface area contributed by atoms with Crippen LogP contribution in [0.5, 0.6) is 5.75 Å². The van der Waals surface area contributed by atoms with Crippen molar-refractivity contribution in [2.24, 2.45) is 0 Å². The largest absolute Gasteiger partial charge is 0.462 e. The molecule has 2 aromatic rings. The molecule has 0 unspecified atom stereocenters. The summed E-state index contributed by atoms with van der Waals surface area (Å²) in [5.74, 6) is 0.315. The Balaban J connectivity index is 1.86. The summed E-state index contributed by atoms with van der Waals surface area (Å²) in [7, 11) is 0. The lowest BCUT2D eigenvalue weighted by molar-refractivity contribution is -0.268. The average molecular weight is 336 g/mol. The number of fused-ring (bicyclic) bond motifs is 1. The molecule has 0 saturated carbocycles. The van der Waals surface area contributed by atoms with Crippen molar-refractivity contribution in [3.05, 3.63) is 40.2 Å². The SMILES string of the molecule is CCc1cc2ccc(O[C@@H]3O[C@H](C)[C@@H](O)[C@H](O)[C@H]3O)cc2oc1=O. The summed E-state index contributed by atoms with van der Waals surface area (Å²) in [5, 5.41) is 30.2. The van der Waals surface area contributed by atoms with Crippen LogP contribution in [0.15, 0.2) is 33.5 Å². The van der Waals surface area contributed by atoms with E-state index < -0.39 is 36.3 Å². The zero-order valence-electron chi connectivity index (χ0n) is 13.4. The van der Waals surface area contributed by atoms with Crippen molar-refractivity contribution in [1.82, 2.24) is 0 Å². The molecule has 1 fully saturated rings. The van der Waals surface area contributed by atoms with Crippen molar-refractivity contribution < 1.29 is 29.2 Å². The van der Waals surface area contributed by atoms with E-state index >= 15 is 0 Å². The van der Waals surface area contributed by atoms with E-state index in [1.54, 1.807) is 25.1 Å². The van der Waals surface area contributed by atoms with Crippen LogP contribution in [0.25, 0.3) is 11.0 Å². The van der Waals surface area contributed by atoms with E-state index in [9.17, 15) is 20.1 Å². The molecule has 5 atom stereocenters. The number of benzene rings is 1. The highest BCUT2D eigenvalue weighted by atomic mass is 16.7. The Hall–Kier alpha value is -1.93. The normalized spacial score (nSPS) is 30.5. The van der Waals surface area contributed by atoms with Crippen molar-refractivity contribution in [2.45, 2.75) is 51.0 Å². The van der Waals surface area contributed by atoms with Crippen LogP contribution in [0.4, 0.5) is 0 Å². The van der Waals surface area contributed by atoms with E-state index in [2.05, 4.69) is 0 Å². The molecule has 1 aromatic heterocycles. The van der Waals surface area contributed by atoms with E-state index in [0.29, 0.717) is 23.3 Å². The quantitative estimate of drug-likeness (QED) is 0.703. The molecule has 2 heterocycles. The third-order valence-corrected chi connectivity index (χ3v) is 4.22. The second-order valence-corrected chi connectivity index (χ2v) is 5.91. The predicted octanol–water partition coefficient (Wildman–Crippen LogP) is 0.562.